The Bertz CT molecular complexity index is 729. The maximum Gasteiger partial charge on any atom is 0.253 e. The first-order valence-corrected chi connectivity index (χ1v) is 8.00. The van der Waals surface area contributed by atoms with Gasteiger partial charge in [-0.15, -0.1) is 6.58 Å². The molecule has 1 aromatic heterocycles. The van der Waals surface area contributed by atoms with Crippen LogP contribution in [0, 0.1) is 12.7 Å². The lowest BCUT2D eigenvalue weighted by Crippen LogP contribution is -2.44. The fraction of sp³-hybridized carbons (Fsp3) is 0.389. The van der Waals surface area contributed by atoms with Crippen molar-refractivity contribution in [1.82, 2.24) is 15.2 Å². The smallest absolute Gasteiger partial charge is 0.253 e. The summed E-state index contributed by atoms with van der Waals surface area (Å²) in [6.07, 6.45) is 3.76. The number of aryl methyl sites for hydroxylation is 1. The number of carbonyl (C=O) groups is 1. The molecule has 1 aliphatic heterocycles. The minimum absolute atomic E-state index is 0.124. The highest BCUT2D eigenvalue weighted by Gasteiger charge is 2.23. The van der Waals surface area contributed by atoms with E-state index in [-0.39, 0.29) is 17.8 Å². The number of benzene rings is 1. The predicted molar refractivity (Wildman–Crippen MR) is 90.1 cm³/mol. The summed E-state index contributed by atoms with van der Waals surface area (Å²) < 4.78 is 13.5. The summed E-state index contributed by atoms with van der Waals surface area (Å²) in [7, 11) is 0. The lowest BCUT2D eigenvalue weighted by molar-refractivity contribution is 0.0915. The molecule has 0 unspecified atom stereocenters. The maximum atomic E-state index is 13.5. The average molecular weight is 315 g/mol. The topological polar surface area (TPSA) is 48.1 Å². The zero-order valence-corrected chi connectivity index (χ0v) is 13.4. The lowest BCUT2D eigenvalue weighted by Gasteiger charge is -2.31. The first kappa shape index (κ1) is 15.7. The van der Waals surface area contributed by atoms with E-state index in [9.17, 15) is 9.18 Å². The molecule has 0 atom stereocenters. The van der Waals surface area contributed by atoms with Crippen LogP contribution in [-0.4, -0.2) is 41.5 Å². The fourth-order valence-electron chi connectivity index (χ4n) is 3.29. The summed E-state index contributed by atoms with van der Waals surface area (Å²) in [5.74, 6) is -0.454. The van der Waals surface area contributed by atoms with Crippen LogP contribution < -0.4 is 5.32 Å². The minimum Gasteiger partial charge on any atom is -0.358 e. The summed E-state index contributed by atoms with van der Waals surface area (Å²) in [5, 5.41) is 3.75. The molecule has 5 heteroatoms. The molecule has 1 aromatic carbocycles. The van der Waals surface area contributed by atoms with Gasteiger partial charge in [0, 0.05) is 42.3 Å². The molecular formula is C18H22FN3O. The quantitative estimate of drug-likeness (QED) is 0.852. The molecule has 1 amide bonds. The van der Waals surface area contributed by atoms with Gasteiger partial charge in [-0.1, -0.05) is 6.08 Å². The van der Waals surface area contributed by atoms with Crippen molar-refractivity contribution in [3.63, 3.8) is 0 Å². The number of hydrogen-bond donors (Lipinski definition) is 2. The first-order chi connectivity index (χ1) is 11.1. The third kappa shape index (κ3) is 3.29. The number of nitrogens with one attached hydrogen (secondary N) is 2. The summed E-state index contributed by atoms with van der Waals surface area (Å²) in [6.45, 7) is 8.41. The molecule has 0 spiro atoms. The summed E-state index contributed by atoms with van der Waals surface area (Å²) in [5.41, 5.74) is 2.11. The molecule has 1 fully saturated rings. The second-order valence-corrected chi connectivity index (χ2v) is 6.15. The number of piperidine rings is 1. The number of fused-ring (bicyclic) bond motifs is 1. The molecule has 4 nitrogen and oxygen atoms in total. The monoisotopic (exact) mass is 315 g/mol. The zero-order valence-electron chi connectivity index (χ0n) is 13.4. The van der Waals surface area contributed by atoms with Crippen molar-refractivity contribution in [1.29, 1.82) is 0 Å². The summed E-state index contributed by atoms with van der Waals surface area (Å²) in [6, 6.07) is 4.65. The Morgan fingerprint density at radius 2 is 2.22 bits per heavy atom. The van der Waals surface area contributed by atoms with Gasteiger partial charge in [-0.25, -0.2) is 4.39 Å². The SMILES string of the molecule is C=CCN1CCC(NC(=O)c2c(C)[nH]c3ccc(F)cc23)CC1. The van der Waals surface area contributed by atoms with Crippen molar-refractivity contribution < 1.29 is 9.18 Å². The number of H-pyrrole nitrogens is 1. The Hall–Kier alpha value is -2.14. The van der Waals surface area contributed by atoms with Crippen molar-refractivity contribution in [3.05, 3.63) is 47.9 Å². The molecule has 23 heavy (non-hydrogen) atoms. The summed E-state index contributed by atoms with van der Waals surface area (Å²) >= 11 is 0. The van der Waals surface area contributed by atoms with Gasteiger partial charge in [-0.3, -0.25) is 9.69 Å². The van der Waals surface area contributed by atoms with E-state index in [0.29, 0.717) is 10.9 Å². The normalized spacial score (nSPS) is 16.6. The van der Waals surface area contributed by atoms with Crippen molar-refractivity contribution >= 4 is 16.8 Å². The van der Waals surface area contributed by atoms with Crippen LogP contribution in [0.1, 0.15) is 28.9 Å². The van der Waals surface area contributed by atoms with E-state index < -0.39 is 0 Å². The Balaban J connectivity index is 1.73. The first-order valence-electron chi connectivity index (χ1n) is 8.00. The van der Waals surface area contributed by atoms with Gasteiger partial charge in [0.05, 0.1) is 5.56 Å². The number of likely N-dealkylation sites (tertiary alicyclic amines) is 1. The number of aromatic amines is 1. The van der Waals surface area contributed by atoms with E-state index in [0.717, 1.165) is 43.7 Å². The molecule has 0 saturated carbocycles. The van der Waals surface area contributed by atoms with E-state index >= 15 is 0 Å². The summed E-state index contributed by atoms with van der Waals surface area (Å²) in [4.78, 5) is 18.1. The second-order valence-electron chi connectivity index (χ2n) is 6.15. The van der Waals surface area contributed by atoms with Gasteiger partial charge in [0.25, 0.3) is 5.91 Å². The van der Waals surface area contributed by atoms with E-state index in [1.165, 1.54) is 12.1 Å². The largest absolute Gasteiger partial charge is 0.358 e. The van der Waals surface area contributed by atoms with E-state index in [2.05, 4.69) is 21.8 Å². The van der Waals surface area contributed by atoms with Gasteiger partial charge >= 0.3 is 0 Å². The molecule has 2 heterocycles. The van der Waals surface area contributed by atoms with Crippen molar-refractivity contribution in [2.75, 3.05) is 19.6 Å². The molecule has 1 saturated heterocycles. The van der Waals surface area contributed by atoms with Gasteiger partial charge in [-0.05, 0) is 38.0 Å². The highest BCUT2D eigenvalue weighted by molar-refractivity contribution is 6.08. The van der Waals surface area contributed by atoms with Crippen LogP contribution in [0.15, 0.2) is 30.9 Å². The Kier molecular flexibility index (Phi) is 4.48. The minimum atomic E-state index is -0.330. The molecule has 0 bridgehead atoms. The van der Waals surface area contributed by atoms with Gasteiger partial charge in [0.1, 0.15) is 5.82 Å². The van der Waals surface area contributed by atoms with Gasteiger partial charge in [0.15, 0.2) is 0 Å². The molecule has 122 valence electrons. The molecule has 0 aliphatic carbocycles. The second kappa shape index (κ2) is 6.54. The number of amides is 1. The van der Waals surface area contributed by atoms with Crippen LogP contribution in [0.4, 0.5) is 4.39 Å². The van der Waals surface area contributed by atoms with Crippen molar-refractivity contribution in [3.8, 4) is 0 Å². The van der Waals surface area contributed by atoms with Gasteiger partial charge in [0.2, 0.25) is 0 Å². The number of halogens is 1. The fourth-order valence-corrected chi connectivity index (χ4v) is 3.29. The third-order valence-corrected chi connectivity index (χ3v) is 4.49. The lowest BCUT2D eigenvalue weighted by atomic mass is 10.0. The molecule has 2 aromatic rings. The Morgan fingerprint density at radius 3 is 2.91 bits per heavy atom. The molecule has 1 aliphatic rings. The Labute approximate surface area is 135 Å². The Morgan fingerprint density at radius 1 is 1.48 bits per heavy atom. The van der Waals surface area contributed by atoms with Crippen LogP contribution in [-0.2, 0) is 0 Å². The van der Waals surface area contributed by atoms with E-state index in [4.69, 9.17) is 0 Å². The average Bonchev–Trinajstić information content (AvgIpc) is 2.84. The zero-order chi connectivity index (χ0) is 16.4. The van der Waals surface area contributed by atoms with Gasteiger partial charge < -0.3 is 10.3 Å². The number of carbonyl (C=O) groups excluding carboxylic acids is 1. The van der Waals surface area contributed by atoms with Crippen LogP contribution in [0.2, 0.25) is 0 Å². The number of rotatable bonds is 4. The molecule has 3 rings (SSSR count). The number of hydrogen-bond acceptors (Lipinski definition) is 2. The number of aromatic nitrogens is 1. The van der Waals surface area contributed by atoms with E-state index in [1.807, 2.05) is 13.0 Å². The number of nitrogens with zero attached hydrogens (tertiary/aromatic N) is 1. The van der Waals surface area contributed by atoms with Crippen molar-refractivity contribution in [2.45, 2.75) is 25.8 Å². The van der Waals surface area contributed by atoms with E-state index in [1.54, 1.807) is 6.07 Å². The van der Waals surface area contributed by atoms with Gasteiger partial charge in [-0.2, -0.15) is 0 Å². The predicted octanol–water partition coefficient (Wildman–Crippen LogP) is 3.00. The van der Waals surface area contributed by atoms with Crippen LogP contribution in [0.25, 0.3) is 10.9 Å². The maximum absolute atomic E-state index is 13.5. The molecule has 2 N–H and O–H groups in total. The third-order valence-electron chi connectivity index (χ3n) is 4.49. The molecule has 0 radical (unpaired) electrons. The highest BCUT2D eigenvalue weighted by atomic mass is 19.1. The molecular weight excluding hydrogens is 293 g/mol. The highest BCUT2D eigenvalue weighted by Crippen LogP contribution is 2.23. The van der Waals surface area contributed by atoms with Crippen LogP contribution in [0.3, 0.4) is 0 Å². The standard InChI is InChI=1S/C18H22FN3O/c1-3-8-22-9-6-14(7-10-22)21-18(23)17-12(2)20-16-5-4-13(19)11-15(16)17/h3-5,11,14,20H,1,6-10H2,2H3,(H,21,23). The van der Waals surface area contributed by atoms with Crippen molar-refractivity contribution in [2.24, 2.45) is 0 Å². The van der Waals surface area contributed by atoms with Crippen LogP contribution >= 0.6 is 0 Å². The van der Waals surface area contributed by atoms with Crippen LogP contribution in [0.5, 0.6) is 0 Å².